The van der Waals surface area contributed by atoms with Crippen LogP contribution in [0, 0.1) is 12.8 Å². The minimum atomic E-state index is -0.0348. The van der Waals surface area contributed by atoms with Gasteiger partial charge < -0.3 is 16.2 Å². The summed E-state index contributed by atoms with van der Waals surface area (Å²) in [7, 11) is 0. The first-order chi connectivity index (χ1) is 8.06. The Balaban J connectivity index is 2.58. The Hall–Kier alpha value is -1.55. The Morgan fingerprint density at radius 1 is 1.53 bits per heavy atom. The lowest BCUT2D eigenvalue weighted by Gasteiger charge is -2.12. The molecular formula is C13H20N2O2. The Morgan fingerprint density at radius 2 is 2.24 bits per heavy atom. The smallest absolute Gasteiger partial charge is 0.224 e. The lowest BCUT2D eigenvalue weighted by molar-refractivity contribution is -0.117. The van der Waals surface area contributed by atoms with E-state index >= 15 is 0 Å². The minimum absolute atomic E-state index is 0.0348. The summed E-state index contributed by atoms with van der Waals surface area (Å²) in [6, 6.07) is 5.01. The highest BCUT2D eigenvalue weighted by atomic mass is 16.3. The number of anilines is 1. The number of hydrogen-bond donors (Lipinski definition) is 3. The number of carbonyl (C=O) groups excluding carboxylic acids is 1. The van der Waals surface area contributed by atoms with Gasteiger partial charge in [-0.25, -0.2) is 0 Å². The highest BCUT2D eigenvalue weighted by molar-refractivity contribution is 5.91. The number of phenolic OH excluding ortho intramolecular Hbond substituents is 1. The number of aromatic hydroxyl groups is 1. The first-order valence-electron chi connectivity index (χ1n) is 5.86. The zero-order valence-corrected chi connectivity index (χ0v) is 10.4. The van der Waals surface area contributed by atoms with Gasteiger partial charge in [-0.15, -0.1) is 0 Å². The molecule has 94 valence electrons. The van der Waals surface area contributed by atoms with Gasteiger partial charge in [-0.05, 0) is 43.1 Å². The van der Waals surface area contributed by atoms with E-state index in [4.69, 9.17) is 5.73 Å². The van der Waals surface area contributed by atoms with Crippen LogP contribution in [0.3, 0.4) is 0 Å². The molecule has 0 bridgehead atoms. The summed E-state index contributed by atoms with van der Waals surface area (Å²) in [5, 5.41) is 12.2. The lowest BCUT2D eigenvalue weighted by Crippen LogP contribution is -2.21. The molecule has 0 aromatic heterocycles. The molecule has 0 heterocycles. The van der Waals surface area contributed by atoms with Crippen LogP contribution in [0.25, 0.3) is 0 Å². The largest absolute Gasteiger partial charge is 0.508 e. The molecule has 1 amide bonds. The number of benzene rings is 1. The van der Waals surface area contributed by atoms with Crippen LogP contribution in [0.5, 0.6) is 5.75 Å². The molecular weight excluding hydrogens is 216 g/mol. The number of phenols is 1. The number of amides is 1. The second kappa shape index (κ2) is 6.25. The van der Waals surface area contributed by atoms with Crippen molar-refractivity contribution in [3.63, 3.8) is 0 Å². The van der Waals surface area contributed by atoms with Crippen molar-refractivity contribution in [1.82, 2.24) is 0 Å². The number of nitrogens with one attached hydrogen (secondary N) is 1. The van der Waals surface area contributed by atoms with E-state index in [1.165, 1.54) is 0 Å². The van der Waals surface area contributed by atoms with Gasteiger partial charge >= 0.3 is 0 Å². The maximum atomic E-state index is 11.7. The molecule has 0 saturated carbocycles. The number of nitrogens with two attached hydrogens (primary N) is 1. The summed E-state index contributed by atoms with van der Waals surface area (Å²) in [6.07, 6.45) is 1.34. The van der Waals surface area contributed by atoms with E-state index in [-0.39, 0.29) is 17.6 Å². The number of hydrogen-bond acceptors (Lipinski definition) is 3. The predicted octanol–water partition coefficient (Wildman–Crippen LogP) is 2.01. The molecule has 1 aromatic carbocycles. The van der Waals surface area contributed by atoms with Gasteiger partial charge in [0.2, 0.25) is 5.91 Å². The van der Waals surface area contributed by atoms with Crippen LogP contribution >= 0.6 is 0 Å². The van der Waals surface area contributed by atoms with Crippen molar-refractivity contribution < 1.29 is 9.90 Å². The quantitative estimate of drug-likeness (QED) is 0.684. The molecule has 0 radical (unpaired) electrons. The zero-order valence-electron chi connectivity index (χ0n) is 10.4. The normalized spacial score (nSPS) is 12.2. The Kier molecular flexibility index (Phi) is 4.97. The van der Waals surface area contributed by atoms with Gasteiger partial charge in [-0.1, -0.05) is 13.3 Å². The monoisotopic (exact) mass is 236 g/mol. The Morgan fingerprint density at radius 3 is 2.76 bits per heavy atom. The summed E-state index contributed by atoms with van der Waals surface area (Å²) in [4.78, 5) is 11.7. The van der Waals surface area contributed by atoms with Crippen molar-refractivity contribution in [1.29, 1.82) is 0 Å². The fourth-order valence-corrected chi connectivity index (χ4v) is 1.60. The van der Waals surface area contributed by atoms with Crippen molar-refractivity contribution in [2.45, 2.75) is 26.7 Å². The van der Waals surface area contributed by atoms with Gasteiger partial charge in [-0.3, -0.25) is 4.79 Å². The lowest BCUT2D eigenvalue weighted by atomic mass is 10.0. The first kappa shape index (κ1) is 13.5. The topological polar surface area (TPSA) is 75.4 Å². The van der Waals surface area contributed by atoms with Gasteiger partial charge in [0, 0.05) is 12.1 Å². The van der Waals surface area contributed by atoms with Gasteiger partial charge in [0.05, 0.1) is 0 Å². The highest BCUT2D eigenvalue weighted by Gasteiger charge is 2.10. The highest BCUT2D eigenvalue weighted by Crippen LogP contribution is 2.20. The molecule has 17 heavy (non-hydrogen) atoms. The van der Waals surface area contributed by atoms with Crippen molar-refractivity contribution >= 4 is 11.6 Å². The molecule has 1 rings (SSSR count). The molecule has 1 atom stereocenters. The van der Waals surface area contributed by atoms with Gasteiger partial charge in [0.25, 0.3) is 0 Å². The Labute approximate surface area is 102 Å². The molecule has 0 fully saturated rings. The SMILES string of the molecule is CCC(CN)CC(=O)Nc1ccc(O)c(C)c1. The minimum Gasteiger partial charge on any atom is -0.508 e. The van der Waals surface area contributed by atoms with Crippen LogP contribution in [-0.4, -0.2) is 17.6 Å². The summed E-state index contributed by atoms with van der Waals surface area (Å²) in [6.45, 7) is 4.34. The van der Waals surface area contributed by atoms with E-state index in [1.807, 2.05) is 6.92 Å². The second-order valence-electron chi connectivity index (χ2n) is 4.26. The third kappa shape index (κ3) is 4.07. The van der Waals surface area contributed by atoms with Crippen LogP contribution in [0.2, 0.25) is 0 Å². The van der Waals surface area contributed by atoms with Gasteiger partial charge in [0.15, 0.2) is 0 Å². The second-order valence-corrected chi connectivity index (χ2v) is 4.26. The van der Waals surface area contributed by atoms with Gasteiger partial charge in [-0.2, -0.15) is 0 Å². The molecule has 0 aliphatic carbocycles. The van der Waals surface area contributed by atoms with Crippen molar-refractivity contribution in [3.8, 4) is 5.75 Å². The van der Waals surface area contributed by atoms with Crippen molar-refractivity contribution in [3.05, 3.63) is 23.8 Å². The summed E-state index contributed by atoms with van der Waals surface area (Å²) in [5.41, 5.74) is 7.01. The van der Waals surface area contributed by atoms with E-state index in [2.05, 4.69) is 5.32 Å². The standard InChI is InChI=1S/C13H20N2O2/c1-3-10(8-14)7-13(17)15-11-4-5-12(16)9(2)6-11/h4-6,10,16H,3,7-8,14H2,1-2H3,(H,15,17). The Bertz CT molecular complexity index is 387. The van der Waals surface area contributed by atoms with Crippen LogP contribution in [0.15, 0.2) is 18.2 Å². The van der Waals surface area contributed by atoms with Crippen LogP contribution in [0.1, 0.15) is 25.3 Å². The van der Waals surface area contributed by atoms with Gasteiger partial charge in [0.1, 0.15) is 5.75 Å². The molecule has 0 saturated heterocycles. The van der Waals surface area contributed by atoms with Crippen molar-refractivity contribution in [2.24, 2.45) is 11.7 Å². The summed E-state index contributed by atoms with van der Waals surface area (Å²) in [5.74, 6) is 0.428. The molecule has 0 spiro atoms. The molecule has 4 nitrogen and oxygen atoms in total. The maximum absolute atomic E-state index is 11.7. The first-order valence-corrected chi connectivity index (χ1v) is 5.86. The van der Waals surface area contributed by atoms with Crippen LogP contribution < -0.4 is 11.1 Å². The molecule has 1 unspecified atom stereocenters. The van der Waals surface area contributed by atoms with E-state index < -0.39 is 0 Å². The molecule has 4 heteroatoms. The number of aryl methyl sites for hydroxylation is 1. The zero-order chi connectivity index (χ0) is 12.8. The molecule has 0 aliphatic rings. The molecule has 1 aromatic rings. The van der Waals surface area contributed by atoms with Crippen LogP contribution in [-0.2, 0) is 4.79 Å². The fourth-order valence-electron chi connectivity index (χ4n) is 1.60. The number of carbonyl (C=O) groups is 1. The summed E-state index contributed by atoms with van der Waals surface area (Å²) < 4.78 is 0. The van der Waals surface area contributed by atoms with E-state index in [9.17, 15) is 9.90 Å². The average molecular weight is 236 g/mol. The van der Waals surface area contributed by atoms with E-state index in [0.29, 0.717) is 18.7 Å². The van der Waals surface area contributed by atoms with Crippen molar-refractivity contribution in [2.75, 3.05) is 11.9 Å². The van der Waals surface area contributed by atoms with E-state index in [1.54, 1.807) is 25.1 Å². The number of rotatable bonds is 5. The molecule has 0 aliphatic heterocycles. The van der Waals surface area contributed by atoms with E-state index in [0.717, 1.165) is 12.0 Å². The predicted molar refractivity (Wildman–Crippen MR) is 68.9 cm³/mol. The average Bonchev–Trinajstić information content (AvgIpc) is 2.31. The maximum Gasteiger partial charge on any atom is 0.224 e. The third-order valence-electron chi connectivity index (χ3n) is 2.87. The fraction of sp³-hybridized carbons (Fsp3) is 0.462. The third-order valence-corrected chi connectivity index (χ3v) is 2.87. The van der Waals surface area contributed by atoms with Crippen LogP contribution in [0.4, 0.5) is 5.69 Å². The molecule has 4 N–H and O–H groups in total. The summed E-state index contributed by atoms with van der Waals surface area (Å²) >= 11 is 0.